The van der Waals surface area contributed by atoms with Gasteiger partial charge < -0.3 is 15.0 Å². The van der Waals surface area contributed by atoms with Crippen LogP contribution < -0.4 is 10.5 Å². The molecule has 0 atom stereocenters. The van der Waals surface area contributed by atoms with Gasteiger partial charge in [-0.2, -0.15) is 18.2 Å². The molecule has 5 nitrogen and oxygen atoms in total. The third kappa shape index (κ3) is 4.16. The Morgan fingerprint density at radius 3 is 2.44 bits per heavy atom. The quantitative estimate of drug-likeness (QED) is 0.593. The van der Waals surface area contributed by atoms with Crippen molar-refractivity contribution in [1.29, 1.82) is 0 Å². The predicted octanol–water partition coefficient (Wildman–Crippen LogP) is 5.45. The number of nitrogens with zero attached hydrogens (tertiary/aromatic N) is 2. The number of hydrogen-bond donors (Lipinski definition) is 1. The largest absolute Gasteiger partial charge is 0.489 e. The minimum atomic E-state index is -4.58. The van der Waals surface area contributed by atoms with Crippen LogP contribution in [0, 0.1) is 0 Å². The molecule has 3 aromatic rings. The van der Waals surface area contributed by atoms with Crippen LogP contribution in [-0.2, 0) is 6.18 Å². The number of anilines is 1. The molecule has 142 valence electrons. The molecule has 1 heterocycles. The maximum Gasteiger partial charge on any atom is 0.418 e. The van der Waals surface area contributed by atoms with E-state index in [9.17, 15) is 13.2 Å². The van der Waals surface area contributed by atoms with E-state index in [2.05, 4.69) is 10.1 Å². The number of nitrogen functional groups attached to an aromatic ring is 1. The highest BCUT2D eigenvalue weighted by Crippen LogP contribution is 2.36. The number of benzene rings is 2. The van der Waals surface area contributed by atoms with E-state index in [4.69, 9.17) is 26.6 Å². The first kappa shape index (κ1) is 19.0. The number of ether oxygens (including phenoxy) is 1. The van der Waals surface area contributed by atoms with Gasteiger partial charge in [0, 0.05) is 16.8 Å². The topological polar surface area (TPSA) is 74.2 Å². The normalized spacial score (nSPS) is 11.8. The van der Waals surface area contributed by atoms with E-state index in [0.717, 1.165) is 12.1 Å². The van der Waals surface area contributed by atoms with Gasteiger partial charge in [0.15, 0.2) is 0 Å². The van der Waals surface area contributed by atoms with Gasteiger partial charge in [0.05, 0.1) is 16.7 Å². The van der Waals surface area contributed by atoms with Crippen molar-refractivity contribution in [3.8, 4) is 28.6 Å². The number of hydrogen-bond acceptors (Lipinski definition) is 5. The summed E-state index contributed by atoms with van der Waals surface area (Å²) in [4.78, 5) is 4.15. The van der Waals surface area contributed by atoms with Crippen molar-refractivity contribution in [1.82, 2.24) is 10.1 Å². The lowest BCUT2D eigenvalue weighted by Crippen LogP contribution is -2.08. The molecular formula is C18H15ClF3N3O2. The minimum Gasteiger partial charge on any atom is -0.489 e. The van der Waals surface area contributed by atoms with Gasteiger partial charge in [-0.25, -0.2) is 0 Å². The highest BCUT2D eigenvalue weighted by atomic mass is 35.5. The molecule has 0 aliphatic rings. The van der Waals surface area contributed by atoms with Crippen molar-refractivity contribution in [3.05, 3.63) is 47.0 Å². The molecule has 2 aromatic carbocycles. The Hall–Kier alpha value is -2.74. The lowest BCUT2D eigenvalue weighted by molar-refractivity contribution is -0.136. The number of halogens is 4. The van der Waals surface area contributed by atoms with E-state index in [0.29, 0.717) is 16.3 Å². The number of aromatic nitrogens is 2. The molecule has 9 heteroatoms. The monoisotopic (exact) mass is 397 g/mol. The molecule has 0 fully saturated rings. The first-order valence-electron chi connectivity index (χ1n) is 7.92. The van der Waals surface area contributed by atoms with Gasteiger partial charge in [-0.1, -0.05) is 16.8 Å². The standard InChI is InChI=1S/C18H15ClF3N3O2/c1-9(2)26-15-6-4-10(8-13(15)19)16-24-17(27-25-16)11-3-5-14(23)12(7-11)18(20,21)22/h3-9H,23H2,1-2H3. The highest BCUT2D eigenvalue weighted by molar-refractivity contribution is 6.32. The van der Waals surface area contributed by atoms with Crippen molar-refractivity contribution >= 4 is 17.3 Å². The van der Waals surface area contributed by atoms with Gasteiger partial charge in [-0.05, 0) is 50.2 Å². The van der Waals surface area contributed by atoms with Crippen molar-refractivity contribution in [2.75, 3.05) is 5.73 Å². The van der Waals surface area contributed by atoms with Gasteiger partial charge in [0.25, 0.3) is 5.89 Å². The average Bonchev–Trinajstić information content (AvgIpc) is 3.05. The Balaban J connectivity index is 1.93. The zero-order chi connectivity index (χ0) is 19.8. The summed E-state index contributed by atoms with van der Waals surface area (Å²) in [6.45, 7) is 3.75. The predicted molar refractivity (Wildman–Crippen MR) is 95.4 cm³/mol. The summed E-state index contributed by atoms with van der Waals surface area (Å²) in [5.41, 5.74) is 4.72. The van der Waals surface area contributed by atoms with Crippen LogP contribution in [-0.4, -0.2) is 16.2 Å². The van der Waals surface area contributed by atoms with Gasteiger partial charge >= 0.3 is 6.18 Å². The molecule has 0 bridgehead atoms. The molecule has 27 heavy (non-hydrogen) atoms. The van der Waals surface area contributed by atoms with E-state index >= 15 is 0 Å². The number of rotatable bonds is 4. The summed E-state index contributed by atoms with van der Waals surface area (Å²) >= 11 is 6.19. The molecule has 0 unspecified atom stereocenters. The molecule has 0 aliphatic heterocycles. The Kier molecular flexibility index (Phi) is 5.01. The van der Waals surface area contributed by atoms with E-state index in [1.807, 2.05) is 13.8 Å². The van der Waals surface area contributed by atoms with Crippen LogP contribution in [0.4, 0.5) is 18.9 Å². The maximum atomic E-state index is 13.0. The smallest absolute Gasteiger partial charge is 0.418 e. The third-order valence-corrected chi connectivity index (χ3v) is 3.88. The van der Waals surface area contributed by atoms with Crippen molar-refractivity contribution in [2.24, 2.45) is 0 Å². The van der Waals surface area contributed by atoms with Crippen molar-refractivity contribution < 1.29 is 22.4 Å². The number of alkyl halides is 3. The molecule has 0 spiro atoms. The summed E-state index contributed by atoms with van der Waals surface area (Å²) in [5, 5.41) is 4.17. The van der Waals surface area contributed by atoms with Crippen LogP contribution in [0.5, 0.6) is 5.75 Å². The van der Waals surface area contributed by atoms with Gasteiger partial charge in [-0.15, -0.1) is 0 Å². The van der Waals surface area contributed by atoms with Crippen LogP contribution in [0.1, 0.15) is 19.4 Å². The summed E-state index contributed by atoms with van der Waals surface area (Å²) in [5.74, 6) is 0.634. The van der Waals surface area contributed by atoms with Gasteiger partial charge in [-0.3, -0.25) is 0 Å². The average molecular weight is 398 g/mol. The minimum absolute atomic E-state index is 0.0431. The third-order valence-electron chi connectivity index (χ3n) is 3.58. The first-order valence-corrected chi connectivity index (χ1v) is 8.30. The van der Waals surface area contributed by atoms with Crippen LogP contribution in [0.25, 0.3) is 22.8 Å². The summed E-state index contributed by atoms with van der Waals surface area (Å²) < 4.78 is 49.7. The van der Waals surface area contributed by atoms with Crippen LogP contribution in [0.2, 0.25) is 5.02 Å². The Morgan fingerprint density at radius 2 is 1.81 bits per heavy atom. The van der Waals surface area contributed by atoms with Gasteiger partial charge in [0.2, 0.25) is 5.82 Å². The second-order valence-electron chi connectivity index (χ2n) is 6.03. The van der Waals surface area contributed by atoms with Crippen LogP contribution in [0.15, 0.2) is 40.9 Å². The molecule has 0 saturated carbocycles. The lowest BCUT2D eigenvalue weighted by atomic mass is 10.1. The molecule has 0 aliphatic carbocycles. The molecule has 0 radical (unpaired) electrons. The molecule has 0 saturated heterocycles. The van der Waals surface area contributed by atoms with E-state index in [1.54, 1.807) is 18.2 Å². The molecule has 3 rings (SSSR count). The van der Waals surface area contributed by atoms with Gasteiger partial charge in [0.1, 0.15) is 5.75 Å². The zero-order valence-corrected chi connectivity index (χ0v) is 15.1. The van der Waals surface area contributed by atoms with Crippen LogP contribution in [0.3, 0.4) is 0 Å². The fraction of sp³-hybridized carbons (Fsp3) is 0.222. The Bertz CT molecular complexity index is 971. The maximum absolute atomic E-state index is 13.0. The second-order valence-corrected chi connectivity index (χ2v) is 6.44. The molecular weight excluding hydrogens is 383 g/mol. The molecule has 2 N–H and O–H groups in total. The fourth-order valence-corrected chi connectivity index (χ4v) is 2.61. The molecule has 0 amide bonds. The lowest BCUT2D eigenvalue weighted by Gasteiger charge is -2.11. The Labute approximate surface area is 157 Å². The Morgan fingerprint density at radius 1 is 1.11 bits per heavy atom. The summed E-state index contributed by atoms with van der Waals surface area (Å²) in [6, 6.07) is 8.35. The second kappa shape index (κ2) is 7.11. The highest BCUT2D eigenvalue weighted by Gasteiger charge is 2.33. The first-order chi connectivity index (χ1) is 12.6. The van der Waals surface area contributed by atoms with Crippen molar-refractivity contribution in [2.45, 2.75) is 26.1 Å². The number of nitrogens with two attached hydrogens (primary N) is 1. The summed E-state index contributed by atoms with van der Waals surface area (Å²) in [7, 11) is 0. The zero-order valence-electron chi connectivity index (χ0n) is 14.3. The van der Waals surface area contributed by atoms with E-state index < -0.39 is 11.7 Å². The van der Waals surface area contributed by atoms with E-state index in [-0.39, 0.29) is 29.1 Å². The molecule has 1 aromatic heterocycles. The summed E-state index contributed by atoms with van der Waals surface area (Å²) in [6.07, 6.45) is -4.62. The fourth-order valence-electron chi connectivity index (χ4n) is 2.38. The van der Waals surface area contributed by atoms with Crippen molar-refractivity contribution in [3.63, 3.8) is 0 Å². The van der Waals surface area contributed by atoms with E-state index in [1.165, 1.54) is 6.07 Å². The SMILES string of the molecule is CC(C)Oc1ccc(-c2noc(-c3ccc(N)c(C(F)(F)F)c3)n2)cc1Cl. The van der Waals surface area contributed by atoms with Crippen LogP contribution >= 0.6 is 11.6 Å².